The van der Waals surface area contributed by atoms with E-state index in [-0.39, 0.29) is 0 Å². The van der Waals surface area contributed by atoms with E-state index in [1.54, 1.807) is 7.11 Å². The fourth-order valence-electron chi connectivity index (χ4n) is 1.63. The van der Waals surface area contributed by atoms with Gasteiger partial charge in [-0.15, -0.1) is 0 Å². The van der Waals surface area contributed by atoms with Gasteiger partial charge in [-0.05, 0) is 17.5 Å². The number of methoxy groups -OCH3 is 1. The minimum atomic E-state index is -0.649. The number of halogens is 1. The van der Waals surface area contributed by atoms with Crippen LogP contribution >= 0.6 is 15.9 Å². The minimum absolute atomic E-state index is 0.349. The zero-order chi connectivity index (χ0) is 13.9. The number of hydrogen-bond donors (Lipinski definition) is 0. The Labute approximate surface area is 116 Å². The summed E-state index contributed by atoms with van der Waals surface area (Å²) in [5.74, 6) is 0.0285. The minimum Gasteiger partial charge on any atom is -0.496 e. The average Bonchev–Trinajstić information content (AvgIpc) is 2.35. The molecule has 1 aromatic rings. The van der Waals surface area contributed by atoms with E-state index in [9.17, 15) is 9.59 Å². The van der Waals surface area contributed by atoms with Crippen LogP contribution in [0.15, 0.2) is 18.2 Å². The van der Waals surface area contributed by atoms with Crippen molar-refractivity contribution in [3.63, 3.8) is 0 Å². The van der Waals surface area contributed by atoms with Crippen LogP contribution in [0, 0.1) is 0 Å². The van der Waals surface area contributed by atoms with Gasteiger partial charge in [0.25, 0.3) is 0 Å². The number of ether oxygens (including phenoxy) is 1. The van der Waals surface area contributed by atoms with Crippen LogP contribution in [0.2, 0.25) is 0 Å². The van der Waals surface area contributed by atoms with Gasteiger partial charge in [0.05, 0.1) is 7.11 Å². The maximum Gasteiger partial charge on any atom is 0.216 e. The molecule has 0 radical (unpaired) electrons. The van der Waals surface area contributed by atoms with Crippen LogP contribution in [0.4, 0.5) is 0 Å². The summed E-state index contributed by atoms with van der Waals surface area (Å²) >= 11 is 3.28. The zero-order valence-electron chi connectivity index (χ0n) is 11.0. The Kier molecular flexibility index (Phi) is 5.08. The molecule has 1 atom stereocenters. The molecule has 0 spiro atoms. The van der Waals surface area contributed by atoms with Gasteiger partial charge in [-0.25, -0.2) is 0 Å². The van der Waals surface area contributed by atoms with Crippen LogP contribution in [0.25, 0.3) is 0 Å². The summed E-state index contributed by atoms with van der Waals surface area (Å²) in [6.45, 7) is 5.42. The molecule has 0 aliphatic rings. The lowest BCUT2D eigenvalue weighted by Crippen LogP contribution is -2.16. The smallest absolute Gasteiger partial charge is 0.216 e. The lowest BCUT2D eigenvalue weighted by atomic mass is 9.97. The standard InChI is InChI=1S/C14H17BrO3/c1-8(2)10-5-6-12(18-4)11(7-10)13(15)14(17)9(3)16/h5-8,13H,1-4H3. The Bertz CT molecular complexity index is 466. The molecule has 0 aliphatic carbocycles. The van der Waals surface area contributed by atoms with Gasteiger partial charge in [0, 0.05) is 12.5 Å². The Morgan fingerprint density at radius 3 is 2.33 bits per heavy atom. The molecule has 0 bridgehead atoms. The Morgan fingerprint density at radius 1 is 1.28 bits per heavy atom. The van der Waals surface area contributed by atoms with E-state index in [0.29, 0.717) is 17.2 Å². The molecule has 3 nitrogen and oxygen atoms in total. The number of carbonyl (C=O) groups excluding carboxylic acids is 2. The van der Waals surface area contributed by atoms with Crippen LogP contribution in [-0.4, -0.2) is 18.7 Å². The molecular weight excluding hydrogens is 296 g/mol. The van der Waals surface area contributed by atoms with Crippen LogP contribution in [0.5, 0.6) is 5.75 Å². The quantitative estimate of drug-likeness (QED) is 0.618. The van der Waals surface area contributed by atoms with Gasteiger partial charge in [-0.3, -0.25) is 9.59 Å². The summed E-state index contributed by atoms with van der Waals surface area (Å²) in [4.78, 5) is 22.2. The molecule has 0 saturated carbocycles. The van der Waals surface area contributed by atoms with E-state index < -0.39 is 16.4 Å². The summed E-state index contributed by atoms with van der Waals surface area (Å²) in [5.41, 5.74) is 1.80. The van der Waals surface area contributed by atoms with Crippen LogP contribution < -0.4 is 4.74 Å². The lowest BCUT2D eigenvalue weighted by Gasteiger charge is -2.15. The van der Waals surface area contributed by atoms with Crippen molar-refractivity contribution in [2.45, 2.75) is 31.5 Å². The molecule has 1 unspecified atom stereocenters. The second-order valence-electron chi connectivity index (χ2n) is 4.44. The molecule has 1 aromatic carbocycles. The Morgan fingerprint density at radius 2 is 1.89 bits per heavy atom. The Hall–Kier alpha value is -1.16. The van der Waals surface area contributed by atoms with Crippen molar-refractivity contribution in [3.8, 4) is 5.75 Å². The third kappa shape index (κ3) is 3.19. The first kappa shape index (κ1) is 14.9. The summed E-state index contributed by atoms with van der Waals surface area (Å²) < 4.78 is 5.24. The zero-order valence-corrected chi connectivity index (χ0v) is 12.6. The number of alkyl halides is 1. The highest BCUT2D eigenvalue weighted by Crippen LogP contribution is 2.34. The second-order valence-corrected chi connectivity index (χ2v) is 5.35. The van der Waals surface area contributed by atoms with E-state index in [1.807, 2.05) is 18.2 Å². The molecule has 0 fully saturated rings. The van der Waals surface area contributed by atoms with Gasteiger partial charge in [-0.2, -0.15) is 0 Å². The molecule has 18 heavy (non-hydrogen) atoms. The Balaban J connectivity index is 3.23. The second kappa shape index (κ2) is 6.14. The van der Waals surface area contributed by atoms with Crippen molar-refractivity contribution < 1.29 is 14.3 Å². The van der Waals surface area contributed by atoms with Crippen molar-refractivity contribution >= 4 is 27.5 Å². The summed E-state index contributed by atoms with van der Waals surface area (Å²) in [6, 6.07) is 5.70. The third-order valence-corrected chi connectivity index (χ3v) is 3.68. The number of hydrogen-bond acceptors (Lipinski definition) is 3. The van der Waals surface area contributed by atoms with Gasteiger partial charge < -0.3 is 4.74 Å². The van der Waals surface area contributed by atoms with Crippen LogP contribution in [-0.2, 0) is 9.59 Å². The third-order valence-electron chi connectivity index (χ3n) is 2.77. The highest BCUT2D eigenvalue weighted by molar-refractivity contribution is 9.09. The molecular formula is C14H17BrO3. The van der Waals surface area contributed by atoms with E-state index >= 15 is 0 Å². The number of ketones is 2. The number of rotatable bonds is 5. The normalized spacial score (nSPS) is 12.3. The summed E-state index contributed by atoms with van der Waals surface area (Å²) in [6.07, 6.45) is 0. The highest BCUT2D eigenvalue weighted by Gasteiger charge is 2.24. The van der Waals surface area contributed by atoms with Crippen LogP contribution in [0.1, 0.15) is 42.6 Å². The first-order valence-electron chi connectivity index (χ1n) is 5.75. The SMILES string of the molecule is COc1ccc(C(C)C)cc1C(Br)C(=O)C(C)=O. The predicted molar refractivity (Wildman–Crippen MR) is 74.4 cm³/mol. The molecule has 0 aromatic heterocycles. The number of benzene rings is 1. The van der Waals surface area contributed by atoms with E-state index in [1.165, 1.54) is 6.92 Å². The van der Waals surface area contributed by atoms with Crippen molar-refractivity contribution in [1.82, 2.24) is 0 Å². The molecule has 98 valence electrons. The molecule has 1 rings (SSSR count). The molecule has 0 N–H and O–H groups in total. The lowest BCUT2D eigenvalue weighted by molar-refractivity contribution is -0.135. The van der Waals surface area contributed by atoms with E-state index in [0.717, 1.165) is 5.56 Å². The van der Waals surface area contributed by atoms with Crippen molar-refractivity contribution in [3.05, 3.63) is 29.3 Å². The van der Waals surface area contributed by atoms with Gasteiger partial charge in [0.15, 0.2) is 5.78 Å². The average molecular weight is 313 g/mol. The van der Waals surface area contributed by atoms with Crippen LogP contribution in [0.3, 0.4) is 0 Å². The molecule has 0 amide bonds. The first-order chi connectivity index (χ1) is 8.38. The molecule has 0 heterocycles. The fraction of sp³-hybridized carbons (Fsp3) is 0.429. The molecule has 4 heteroatoms. The van der Waals surface area contributed by atoms with Gasteiger partial charge in [0.1, 0.15) is 10.6 Å². The summed E-state index contributed by atoms with van der Waals surface area (Å²) in [7, 11) is 1.55. The maximum atomic E-state index is 11.7. The maximum absolute atomic E-state index is 11.7. The monoisotopic (exact) mass is 312 g/mol. The summed E-state index contributed by atoms with van der Waals surface area (Å²) in [5, 5.41) is 0. The fourth-order valence-corrected chi connectivity index (χ4v) is 2.31. The van der Waals surface area contributed by atoms with Gasteiger partial charge in [-0.1, -0.05) is 41.9 Å². The first-order valence-corrected chi connectivity index (χ1v) is 6.66. The van der Waals surface area contributed by atoms with Gasteiger partial charge >= 0.3 is 0 Å². The molecule has 0 saturated heterocycles. The molecule has 0 aliphatic heterocycles. The van der Waals surface area contributed by atoms with Crippen molar-refractivity contribution in [1.29, 1.82) is 0 Å². The number of carbonyl (C=O) groups is 2. The van der Waals surface area contributed by atoms with Crippen molar-refractivity contribution in [2.24, 2.45) is 0 Å². The van der Waals surface area contributed by atoms with Crippen molar-refractivity contribution in [2.75, 3.05) is 7.11 Å². The number of Topliss-reactive ketones (excluding diaryl/α,β-unsaturated/α-hetero) is 2. The highest BCUT2D eigenvalue weighted by atomic mass is 79.9. The largest absolute Gasteiger partial charge is 0.496 e. The van der Waals surface area contributed by atoms with Gasteiger partial charge in [0.2, 0.25) is 5.78 Å². The topological polar surface area (TPSA) is 43.4 Å². The van der Waals surface area contributed by atoms with E-state index in [4.69, 9.17) is 4.74 Å². The predicted octanol–water partition coefficient (Wildman–Crippen LogP) is 3.41. The van der Waals surface area contributed by atoms with E-state index in [2.05, 4.69) is 29.8 Å².